The molecule has 9 aromatic heterocycles. The molecule has 0 bridgehead atoms. The molecule has 0 radical (unpaired) electrons. The van der Waals surface area contributed by atoms with Crippen molar-refractivity contribution >= 4 is 85.5 Å². The maximum absolute atomic E-state index is 14.0. The topological polar surface area (TPSA) is 379 Å². The molecule has 3 fully saturated rings. The summed E-state index contributed by atoms with van der Waals surface area (Å²) >= 11 is 0. The number of piperazine rings is 3. The van der Waals surface area contributed by atoms with Crippen molar-refractivity contribution in [3.05, 3.63) is 197 Å². The van der Waals surface area contributed by atoms with Crippen LogP contribution < -0.4 is 14.2 Å². The van der Waals surface area contributed by atoms with E-state index < -0.39 is 254 Å². The second-order valence-corrected chi connectivity index (χ2v) is 21.9. The van der Waals surface area contributed by atoms with Crippen molar-refractivity contribution in [2.24, 2.45) is 0 Å². The van der Waals surface area contributed by atoms with Crippen molar-refractivity contribution in [2.45, 2.75) is 34.4 Å². The highest BCUT2D eigenvalue weighted by molar-refractivity contribution is 6.46. The van der Waals surface area contributed by atoms with Gasteiger partial charge in [0.2, 0.25) is 0 Å². The maximum atomic E-state index is 14.0. The van der Waals surface area contributed by atoms with Gasteiger partial charge in [0.05, 0.1) is 134 Å². The molecular weight excluding hydrogens is 1370 g/mol. The van der Waals surface area contributed by atoms with Gasteiger partial charge in [-0.3, -0.25) is 43.2 Å². The van der Waals surface area contributed by atoms with E-state index >= 15 is 0 Å². The zero-order valence-corrected chi connectivity index (χ0v) is 54.4. The summed E-state index contributed by atoms with van der Waals surface area (Å²) < 4.78 is 355. The second-order valence-electron chi connectivity index (χ2n) is 21.9. The van der Waals surface area contributed by atoms with Crippen LogP contribution >= 0.6 is 0 Å². The van der Waals surface area contributed by atoms with Gasteiger partial charge in [0.15, 0.2) is 17.5 Å². The number of methoxy groups -OCH3 is 3. The van der Waals surface area contributed by atoms with Crippen LogP contribution in [0.5, 0.6) is 17.2 Å². The van der Waals surface area contributed by atoms with Crippen LogP contribution in [0.15, 0.2) is 135 Å². The van der Waals surface area contributed by atoms with Crippen LogP contribution in [-0.4, -0.2) is 256 Å². The molecule has 15 rings (SSSR count). The lowest BCUT2D eigenvalue weighted by atomic mass is 10.1. The van der Waals surface area contributed by atoms with E-state index in [0.717, 1.165) is 82.3 Å². The highest BCUT2D eigenvalue weighted by atomic mass is 16.5. The maximum Gasteiger partial charge on any atom is 0.295 e. The highest BCUT2D eigenvalue weighted by Crippen LogP contribution is 2.35. The minimum absolute atomic E-state index is 0.00771. The molecular formula is C74H73N21O12. The number of nitrogens with zero attached hydrogens (tertiary/aromatic N) is 18. The average Bonchev–Trinajstić information content (AvgIpc) is 1.49. The van der Waals surface area contributed by atoms with E-state index in [4.69, 9.17) is 71.8 Å². The van der Waals surface area contributed by atoms with E-state index in [9.17, 15) is 43.2 Å². The summed E-state index contributed by atoms with van der Waals surface area (Å²) in [4.78, 5) is 154. The molecule has 0 aliphatic carbocycles. The number of carbonyl (C=O) groups excluding carboxylic acids is 9. The van der Waals surface area contributed by atoms with Crippen LogP contribution in [-0.2, 0) is 14.4 Å². The Morgan fingerprint density at radius 1 is 0.402 bits per heavy atom. The number of hydrogen-bond acceptors (Lipinski definition) is 21. The first kappa shape index (κ1) is 36.7. The largest absolute Gasteiger partial charge is 0.494 e. The molecule has 12 heterocycles. The third kappa shape index (κ3) is 14.6. The molecule has 0 saturated carbocycles. The number of H-pyrrole nitrogens is 3. The van der Waals surface area contributed by atoms with E-state index in [1.165, 1.54) is 41.8 Å². The zero-order chi connectivity index (χ0) is 112. The lowest BCUT2D eigenvalue weighted by molar-refractivity contribution is -0.128. The molecule has 3 aliphatic rings. The molecule has 107 heavy (non-hydrogen) atoms. The molecule has 0 spiro atoms. The summed E-state index contributed by atoms with van der Waals surface area (Å²) in [6.45, 7) is -37.9. The zero-order valence-electron chi connectivity index (χ0n) is 96.4. The molecule has 3 saturated heterocycles. The van der Waals surface area contributed by atoms with Crippen molar-refractivity contribution in [1.29, 1.82) is 0 Å². The Morgan fingerprint density at radius 2 is 0.720 bits per heavy atom. The molecule has 0 atom stereocenters. The minimum Gasteiger partial charge on any atom is -0.494 e. The third-order valence-electron chi connectivity index (χ3n) is 15.4. The molecule has 33 heteroatoms. The number of aryl methyl sites for hydroxylation is 3. The number of nitrogens with one attached hydrogen (secondary N) is 3. The Kier molecular flexibility index (Phi) is 10.5. The number of pyridine rings is 3. The lowest BCUT2D eigenvalue weighted by Crippen LogP contribution is -2.52. The number of rotatable bonds is 15. The van der Waals surface area contributed by atoms with Gasteiger partial charge in [0.25, 0.3) is 52.8 Å². The fourth-order valence-electron chi connectivity index (χ4n) is 10.4. The van der Waals surface area contributed by atoms with Crippen molar-refractivity contribution in [2.75, 3.05) is 99.3 Å². The van der Waals surface area contributed by atoms with Crippen LogP contribution in [0.3, 0.4) is 0 Å². The van der Waals surface area contributed by atoms with E-state index in [1.54, 1.807) is 0 Å². The van der Waals surface area contributed by atoms with Crippen molar-refractivity contribution in [3.63, 3.8) is 0 Å². The van der Waals surface area contributed by atoms with Crippen LogP contribution in [0.2, 0.25) is 0 Å². The van der Waals surface area contributed by atoms with Crippen molar-refractivity contribution < 1.29 is 115 Å². The number of aromatic nitrogens is 15. The van der Waals surface area contributed by atoms with Crippen LogP contribution in [0.4, 0.5) is 0 Å². The summed E-state index contributed by atoms with van der Waals surface area (Å²) in [6.07, 6.45) is 8.15. The number of ketones is 3. The number of carbonyl (C=O) groups is 9. The monoisotopic (exact) mass is 1490 g/mol. The fraction of sp³-hybridized carbons (Fsp3) is 0.270. The molecule has 33 nitrogen and oxygen atoms in total. The van der Waals surface area contributed by atoms with E-state index in [1.807, 2.05) is 0 Å². The number of hydrogen-bond donors (Lipinski definition) is 3. The van der Waals surface area contributed by atoms with E-state index in [2.05, 4.69) is 60.2 Å². The summed E-state index contributed by atoms with van der Waals surface area (Å²) in [5.41, 5.74) is -4.64. The fourth-order valence-corrected chi connectivity index (χ4v) is 10.4. The Morgan fingerprint density at radius 3 is 1.06 bits per heavy atom. The van der Waals surface area contributed by atoms with Gasteiger partial charge in [-0.05, 0) is 70.7 Å². The molecule has 3 aromatic carbocycles. The van der Waals surface area contributed by atoms with Crippen LogP contribution in [0, 0.1) is 34.4 Å². The van der Waals surface area contributed by atoms with Crippen LogP contribution in [0.25, 0.3) is 50.2 Å². The standard InChI is InChI=1S/2C25H25N7O4.C24H23N7O4/c2*1-15-4-6-17(7-5-15)24(34)30-8-10-31(11-9-30)25(35)22(33)18-12-26-21-20(18)19(36-3)13-27-23(21)32-14-28-16(2)29-32;1-15-27-14-31(28-15)22-20-19(18(35-2)13-26-22)17(12-25-20)21(32)24(34)30-10-8-29(9-11-30)23(33)16-6-4-3-5-7-16/h2*4-7,12-14,26H,8-11H2,1-3H3;3-7,12-14,25H,8-11H2,1-2H3/i2D3,3D3,4D,5D,6D,7D,8D2,9D2,10D2,11D2;2D3,3D3,4D,5D,6D,7D;1D3,2D3,8D2,9D2,10D2,11D2. The van der Waals surface area contributed by atoms with Gasteiger partial charge in [-0.2, -0.15) is 15.3 Å². The minimum atomic E-state index is -4.16. The van der Waals surface area contributed by atoms with Crippen LogP contribution in [0.1, 0.15) is 148 Å². The second kappa shape index (κ2) is 30.8. The van der Waals surface area contributed by atoms with Crippen molar-refractivity contribution in [3.8, 4) is 34.7 Å². The van der Waals surface area contributed by atoms with Crippen molar-refractivity contribution in [1.82, 2.24) is 104 Å². The number of aromatic amines is 3. The van der Waals surface area contributed by atoms with Gasteiger partial charge in [0.1, 0.15) is 53.7 Å². The number of amides is 6. The quantitative estimate of drug-likeness (QED) is 0.0842. The Labute approximate surface area is 669 Å². The Bertz CT molecular complexity index is 7360. The molecule has 3 N–H and O–H groups in total. The number of fused-ring (bicyclic) bond motifs is 3. The first-order valence-corrected chi connectivity index (χ1v) is 30.3. The number of Topliss-reactive ketones (excluding diaryl/α,β-unsaturated/α-hetero) is 3. The Hall–Kier alpha value is -13.6. The van der Waals surface area contributed by atoms with Gasteiger partial charge < -0.3 is 58.6 Å². The van der Waals surface area contributed by atoms with Gasteiger partial charge in [-0.25, -0.2) is 43.9 Å². The first-order valence-electron chi connectivity index (χ1n) is 51.3. The highest BCUT2D eigenvalue weighted by Gasteiger charge is 2.36. The Balaban J connectivity index is 0.000000187. The summed E-state index contributed by atoms with van der Waals surface area (Å²) in [5, 5.41) is 10.3. The SMILES string of the molecule is [2H]C([2H])([2H])Oc1cnc(-n2cnc(C([2H])([2H])[2H])n2)c2[nH]cc(C(=O)C(=O)N3C([2H])([2H])C([2H])([2H])N(C(=O)c4ccccc4)C([2H])([2H])C3([2H])[2H])c12.[2H]c1c([2H])c(C(=O)N2C([2H])([2H])C([2H])([2H])N(C(=O)C(=O)c3c[nH]c4c(-n5cnc(C([2H])([2H])[2H])n5)ncc(OC([2H])([2H])[2H])c34)C([2H])([2H])C2([2H])[2H])c([2H])c([2H])c1C.[2H]c1c([2H])c(C(=O)N2CCN(C(=O)C(=O)c3c[nH]c4c(-n5cnc(C([2H])([2H])[2H])n5)ncc(OC([2H])([2H])[2H])c34)CC2)c([2H])c([2H])c1C. The molecule has 3 aliphatic heterocycles. The summed E-state index contributed by atoms with van der Waals surface area (Å²) in [6, 6.07) is 1.16. The number of benzene rings is 3. The molecule has 0 unspecified atom stereocenters. The predicted molar refractivity (Wildman–Crippen MR) is 386 cm³/mol. The summed E-state index contributed by atoms with van der Waals surface area (Å²) in [5.74, 6) is -18.5. The van der Waals surface area contributed by atoms with E-state index in [-0.39, 0.29) is 116 Å². The normalized spacial score (nSPS) is 24.0. The smallest absolute Gasteiger partial charge is 0.295 e. The van der Waals surface area contributed by atoms with E-state index in [0.29, 0.717) is 0 Å². The van der Waals surface area contributed by atoms with Gasteiger partial charge >= 0.3 is 0 Å². The summed E-state index contributed by atoms with van der Waals surface area (Å²) in [7, 11) is -9.35. The molecule has 12 aromatic rings. The molecule has 546 valence electrons. The van der Waals surface area contributed by atoms with Gasteiger partial charge in [-0.15, -0.1) is 0 Å². The molecule has 6 amide bonds. The predicted octanol–water partition coefficient (Wildman–Crippen LogP) is 5.50. The van der Waals surface area contributed by atoms with Gasteiger partial charge in [-0.1, -0.05) is 53.5 Å². The number of ether oxygens (including phenoxy) is 3. The average molecular weight is 1490 g/mol. The lowest BCUT2D eigenvalue weighted by Gasteiger charge is -2.34. The third-order valence-corrected chi connectivity index (χ3v) is 15.4. The first-order chi connectivity index (χ1) is 68.2. The van der Waals surface area contributed by atoms with Gasteiger partial charge in [0, 0.05) is 126 Å².